The van der Waals surface area contributed by atoms with Gasteiger partial charge in [-0.05, 0) is 72.4 Å². The maximum absolute atomic E-state index is 8.44. The van der Waals surface area contributed by atoms with E-state index in [2.05, 4.69) is 93.6 Å². The van der Waals surface area contributed by atoms with Crippen LogP contribution in [0.25, 0.3) is 0 Å². The molecule has 0 saturated carbocycles. The lowest BCUT2D eigenvalue weighted by atomic mass is 10.2. The molecule has 3 nitrogen and oxygen atoms in total. The Morgan fingerprint density at radius 2 is 0.862 bits per heavy atom. The van der Waals surface area contributed by atoms with Crippen LogP contribution in [0.2, 0.25) is 0 Å². The molecular weight excluding hydrogens is 380 g/mol. The Hall–Kier alpha value is -2.72. The smallest absolute Gasteiger partial charge is 0.249 e. The molecule has 3 rings (SSSR count). The summed E-state index contributed by atoms with van der Waals surface area (Å²) in [7, 11) is -0.0454. The minimum atomic E-state index is -2.08. The molecule has 0 bridgehead atoms. The van der Waals surface area contributed by atoms with Gasteiger partial charge in [0.2, 0.25) is 6.16 Å². The normalized spacial score (nSPS) is 10.3. The third-order valence-corrected chi connectivity index (χ3v) is 6.93. The quantitative estimate of drug-likeness (QED) is 0.559. The van der Waals surface area contributed by atoms with Gasteiger partial charge in [-0.1, -0.05) is 57.2 Å². The zero-order valence-corrected chi connectivity index (χ0v) is 18.0. The number of carbonyl (C=O) groups is 1. The number of rotatable bonds is 6. The molecule has 0 fully saturated rings. The molecule has 0 spiro atoms. The summed E-state index contributed by atoms with van der Waals surface area (Å²) in [5.41, 5.74) is 4.19. The summed E-state index contributed by atoms with van der Waals surface area (Å²) >= 11 is 0. The number of hydrogen-bond acceptors (Lipinski definition) is 2. The van der Waals surface area contributed by atoms with E-state index in [0.29, 0.717) is 0 Å². The molecule has 0 atom stereocenters. The van der Waals surface area contributed by atoms with Crippen LogP contribution in [0.4, 0.5) is 4.79 Å². The van der Waals surface area contributed by atoms with Crippen LogP contribution in [0.5, 0.6) is 0 Å². The van der Waals surface area contributed by atoms with E-state index < -0.39 is 6.16 Å². The second-order valence-electron chi connectivity index (χ2n) is 6.56. The van der Waals surface area contributed by atoms with Crippen molar-refractivity contribution in [1.29, 1.82) is 0 Å². The summed E-state index contributed by atoms with van der Waals surface area (Å²) < 4.78 is 0. The topological polar surface area (TPSA) is 60.4 Å². The molecule has 0 heterocycles. The summed E-state index contributed by atoms with van der Waals surface area (Å²) in [4.78, 5) is 12.6. The molecule has 29 heavy (non-hydrogen) atoms. The van der Waals surface area contributed by atoms with E-state index >= 15 is 0 Å². The van der Waals surface area contributed by atoms with Gasteiger partial charge in [0.25, 0.3) is 0 Å². The van der Waals surface area contributed by atoms with Crippen molar-refractivity contribution >= 4 is 17.1 Å². The summed E-state index contributed by atoms with van der Waals surface area (Å²) in [6.07, 6.45) is 1.18. The molecule has 3 aromatic rings. The maximum Gasteiger partial charge on any atom is 0.249 e. The number of aryl methyl sites for hydroxylation is 3. The average molecular weight is 409 g/mol. The van der Waals surface area contributed by atoms with Crippen LogP contribution >= 0.6 is 0 Å². The molecule has 0 radical (unpaired) electrons. The van der Waals surface area contributed by atoms with Crippen LogP contribution in [-0.4, -0.2) is 11.3 Å². The molecule has 0 saturated heterocycles. The summed E-state index contributed by atoms with van der Waals surface area (Å²) in [6, 6.07) is 27.5. The molecule has 0 amide bonds. The van der Waals surface area contributed by atoms with Crippen molar-refractivity contribution in [3.05, 3.63) is 89.5 Å². The number of benzene rings is 3. The first-order valence-corrected chi connectivity index (χ1v) is 11.1. The monoisotopic (exact) mass is 408 g/mol. The van der Waals surface area contributed by atoms with Gasteiger partial charge in [-0.3, -0.25) is 0 Å². The van der Waals surface area contributed by atoms with Gasteiger partial charge in [-0.25, -0.2) is 0 Å². The zero-order chi connectivity index (χ0) is 21.2. The Kier molecular flexibility index (Phi) is 8.81. The van der Waals surface area contributed by atoms with Crippen molar-refractivity contribution in [2.45, 2.75) is 54.7 Å². The molecule has 4 heteroatoms. The highest BCUT2D eigenvalue weighted by atomic mass is 32.2. The minimum absolute atomic E-state index is 0.0454. The first-order valence-electron chi connectivity index (χ1n) is 9.89. The minimum Gasteiger partial charge on any atom is -0.565 e. The van der Waals surface area contributed by atoms with E-state index in [1.165, 1.54) is 31.4 Å². The van der Waals surface area contributed by atoms with Crippen LogP contribution in [0.15, 0.2) is 87.5 Å². The van der Waals surface area contributed by atoms with E-state index in [1.807, 2.05) is 0 Å². The Morgan fingerprint density at radius 3 is 1.03 bits per heavy atom. The van der Waals surface area contributed by atoms with Gasteiger partial charge in [-0.15, -0.1) is 0 Å². The van der Waals surface area contributed by atoms with Gasteiger partial charge in [0.05, 0.1) is 10.9 Å². The van der Waals surface area contributed by atoms with Crippen molar-refractivity contribution in [3.63, 3.8) is 0 Å². The summed E-state index contributed by atoms with van der Waals surface area (Å²) in [5.74, 6) is 0. The van der Waals surface area contributed by atoms with E-state index in [9.17, 15) is 0 Å². The summed E-state index contributed by atoms with van der Waals surface area (Å²) in [6.45, 7) is 6.63. The highest BCUT2D eigenvalue weighted by Crippen LogP contribution is 2.32. The molecule has 0 unspecified atom stereocenters. The van der Waals surface area contributed by atoms with E-state index in [-0.39, 0.29) is 10.9 Å². The van der Waals surface area contributed by atoms with Gasteiger partial charge in [-0.2, -0.15) is 0 Å². The molecule has 0 aliphatic heterocycles. The lowest BCUT2D eigenvalue weighted by Crippen LogP contribution is -2.17. The van der Waals surface area contributed by atoms with Gasteiger partial charge in [0.1, 0.15) is 0 Å². The van der Waals surface area contributed by atoms with E-state index in [4.69, 9.17) is 15.0 Å². The SMILES string of the molecule is CCc1ccc([S+](c2ccc(CC)cc2)c2ccc(CC)cc2)cc1.O=C([O-])O. The Labute approximate surface area is 176 Å². The molecule has 0 aliphatic carbocycles. The fourth-order valence-corrected chi connectivity index (χ4v) is 5.03. The predicted octanol–water partition coefficient (Wildman–Crippen LogP) is 5.36. The Balaban J connectivity index is 0.000000687. The standard InChI is InChI=1S/C24H27S.CH2O3/c1-4-19-7-13-22(14-8-19)25(23-15-9-20(5-2)10-16-23)24-17-11-21(6-3)12-18-24;2-1(3)4/h7-18H,4-6H2,1-3H3;(H2,2,3,4)/q+1;/p-1. The Bertz CT molecular complexity index is 768. The number of carboxylic acid groups (broad SMARTS) is 2. The average Bonchev–Trinajstić information content (AvgIpc) is 2.75. The van der Waals surface area contributed by atoms with Crippen LogP contribution in [0.3, 0.4) is 0 Å². The van der Waals surface area contributed by atoms with Crippen molar-refractivity contribution in [1.82, 2.24) is 0 Å². The van der Waals surface area contributed by atoms with E-state index in [1.54, 1.807) is 0 Å². The third-order valence-electron chi connectivity index (χ3n) is 4.70. The van der Waals surface area contributed by atoms with Crippen molar-refractivity contribution in [3.8, 4) is 0 Å². The fraction of sp³-hybridized carbons (Fsp3) is 0.240. The van der Waals surface area contributed by atoms with Crippen LogP contribution in [-0.2, 0) is 30.2 Å². The van der Waals surface area contributed by atoms with Gasteiger partial charge < -0.3 is 15.0 Å². The van der Waals surface area contributed by atoms with Crippen LogP contribution in [0, 0.1) is 0 Å². The molecule has 0 aromatic heterocycles. The van der Waals surface area contributed by atoms with Crippen molar-refractivity contribution in [2.24, 2.45) is 0 Å². The molecule has 0 aliphatic rings. The van der Waals surface area contributed by atoms with Gasteiger partial charge >= 0.3 is 0 Å². The second kappa shape index (κ2) is 11.3. The first-order chi connectivity index (χ1) is 14.0. The molecule has 1 N–H and O–H groups in total. The van der Waals surface area contributed by atoms with Gasteiger partial charge in [0.15, 0.2) is 14.7 Å². The molecule has 3 aromatic carbocycles. The first kappa shape index (κ1) is 22.6. The van der Waals surface area contributed by atoms with Crippen LogP contribution in [0.1, 0.15) is 37.5 Å². The lowest BCUT2D eigenvalue weighted by Gasteiger charge is -2.10. The van der Waals surface area contributed by atoms with E-state index in [0.717, 1.165) is 19.3 Å². The largest absolute Gasteiger partial charge is 0.565 e. The third kappa shape index (κ3) is 6.68. The zero-order valence-electron chi connectivity index (χ0n) is 17.2. The Morgan fingerprint density at radius 1 is 0.655 bits per heavy atom. The molecular formula is C25H28O3S. The summed E-state index contributed by atoms with van der Waals surface area (Å²) in [5, 5.41) is 15.3. The number of hydrogen-bond donors (Lipinski definition) is 1. The van der Waals surface area contributed by atoms with Crippen molar-refractivity contribution in [2.75, 3.05) is 0 Å². The highest BCUT2D eigenvalue weighted by Gasteiger charge is 2.28. The van der Waals surface area contributed by atoms with Gasteiger partial charge in [0, 0.05) is 0 Å². The fourth-order valence-electron chi connectivity index (χ4n) is 2.99. The second-order valence-corrected chi connectivity index (χ2v) is 8.59. The molecule has 152 valence electrons. The maximum atomic E-state index is 8.44. The van der Waals surface area contributed by atoms with Crippen molar-refractivity contribution < 1.29 is 15.0 Å². The highest BCUT2D eigenvalue weighted by molar-refractivity contribution is 7.97. The predicted molar refractivity (Wildman–Crippen MR) is 118 cm³/mol. The van der Waals surface area contributed by atoms with Crippen LogP contribution < -0.4 is 5.11 Å². The lowest BCUT2D eigenvalue weighted by molar-refractivity contribution is -0.275.